The zero-order valence-corrected chi connectivity index (χ0v) is 15.9. The second-order valence-electron chi connectivity index (χ2n) is 6.02. The van der Waals surface area contributed by atoms with Crippen LogP contribution in [0.5, 0.6) is 0 Å². The summed E-state index contributed by atoms with van der Waals surface area (Å²) in [6.07, 6.45) is 0.272. The van der Waals surface area contributed by atoms with E-state index in [9.17, 15) is 18.8 Å². The van der Waals surface area contributed by atoms with E-state index in [1.807, 2.05) is 0 Å². The Labute approximate surface area is 167 Å². The number of nitrogens with one attached hydrogen (secondary N) is 3. The van der Waals surface area contributed by atoms with Crippen molar-refractivity contribution in [3.8, 4) is 0 Å². The predicted molar refractivity (Wildman–Crippen MR) is 105 cm³/mol. The quantitative estimate of drug-likeness (QED) is 0.558. The van der Waals surface area contributed by atoms with Gasteiger partial charge in [-0.15, -0.1) is 0 Å². The van der Waals surface area contributed by atoms with E-state index in [1.165, 1.54) is 12.1 Å². The minimum atomic E-state index is -0.351. The molecule has 6 nitrogen and oxygen atoms in total. The highest BCUT2D eigenvalue weighted by Gasteiger charge is 2.07. The molecule has 0 bridgehead atoms. The normalized spacial score (nSPS) is 10.2. The van der Waals surface area contributed by atoms with Gasteiger partial charge in [0.25, 0.3) is 5.91 Å². The third-order valence-electron chi connectivity index (χ3n) is 3.79. The Morgan fingerprint density at radius 3 is 2.04 bits per heavy atom. The van der Waals surface area contributed by atoms with Crippen LogP contribution in [0.1, 0.15) is 22.3 Å². The minimum Gasteiger partial charge on any atom is -0.354 e. The summed E-state index contributed by atoms with van der Waals surface area (Å²) in [5, 5.41) is 8.52. The molecule has 3 N–H and O–H groups in total. The highest BCUT2D eigenvalue weighted by Crippen LogP contribution is 2.09. The van der Waals surface area contributed by atoms with Crippen LogP contribution in [0.25, 0.3) is 0 Å². The molecule has 148 valence electrons. The van der Waals surface area contributed by atoms with E-state index in [4.69, 9.17) is 11.6 Å². The van der Waals surface area contributed by atoms with Crippen LogP contribution in [0, 0.1) is 5.82 Å². The Morgan fingerprint density at radius 2 is 1.39 bits per heavy atom. The van der Waals surface area contributed by atoms with Crippen molar-refractivity contribution in [3.63, 3.8) is 0 Å². The van der Waals surface area contributed by atoms with E-state index in [0.29, 0.717) is 16.1 Å². The van der Waals surface area contributed by atoms with Crippen molar-refractivity contribution in [3.05, 3.63) is 70.5 Å². The summed E-state index contributed by atoms with van der Waals surface area (Å²) in [6.45, 7) is 0.756. The maximum atomic E-state index is 12.8. The average Bonchev–Trinajstić information content (AvgIpc) is 2.67. The summed E-state index contributed by atoms with van der Waals surface area (Å²) < 4.78 is 12.8. The standard InChI is InChI=1S/C20H21ClFN3O3/c21-16-5-3-15(4-6-16)20(28)25-10-9-18(26)23-11-12-24-19(27)13-14-1-7-17(22)8-2-14/h1-8H,9-13H2,(H,23,26)(H,24,27)(H,25,28). The smallest absolute Gasteiger partial charge is 0.251 e. The molecule has 0 aliphatic rings. The van der Waals surface area contributed by atoms with E-state index >= 15 is 0 Å². The number of rotatable bonds is 9. The molecule has 0 aromatic heterocycles. The molecule has 3 amide bonds. The predicted octanol–water partition coefficient (Wildman–Crippen LogP) is 2.07. The first-order valence-corrected chi connectivity index (χ1v) is 9.13. The third kappa shape index (κ3) is 7.75. The Kier molecular flexibility index (Phi) is 8.42. The molecule has 2 aromatic carbocycles. The summed E-state index contributed by atoms with van der Waals surface area (Å²) in [5.74, 6) is -1.07. The number of carbonyl (C=O) groups is 3. The molecule has 0 saturated heterocycles. The Balaban J connectivity index is 1.56. The number of hydrogen-bond donors (Lipinski definition) is 3. The van der Waals surface area contributed by atoms with Gasteiger partial charge in [-0.3, -0.25) is 14.4 Å². The molecule has 0 spiro atoms. The van der Waals surface area contributed by atoms with E-state index in [-0.39, 0.29) is 56.0 Å². The first kappa shape index (κ1) is 21.4. The summed E-state index contributed by atoms with van der Waals surface area (Å²) in [4.78, 5) is 35.4. The highest BCUT2D eigenvalue weighted by molar-refractivity contribution is 6.30. The van der Waals surface area contributed by atoms with Gasteiger partial charge < -0.3 is 16.0 Å². The molecule has 0 aliphatic carbocycles. The third-order valence-corrected chi connectivity index (χ3v) is 4.04. The topological polar surface area (TPSA) is 87.3 Å². The van der Waals surface area contributed by atoms with Gasteiger partial charge in [-0.1, -0.05) is 23.7 Å². The van der Waals surface area contributed by atoms with Gasteiger partial charge >= 0.3 is 0 Å². The van der Waals surface area contributed by atoms with Gasteiger partial charge in [0.2, 0.25) is 11.8 Å². The Morgan fingerprint density at radius 1 is 0.786 bits per heavy atom. The van der Waals surface area contributed by atoms with Crippen molar-refractivity contribution in [2.24, 2.45) is 0 Å². The van der Waals surface area contributed by atoms with Gasteiger partial charge in [0.05, 0.1) is 6.42 Å². The first-order valence-electron chi connectivity index (χ1n) is 8.75. The summed E-state index contributed by atoms with van der Waals surface area (Å²) in [7, 11) is 0. The first-order chi connectivity index (χ1) is 13.4. The number of benzene rings is 2. The fourth-order valence-electron chi connectivity index (χ4n) is 2.34. The van der Waals surface area contributed by atoms with Crippen molar-refractivity contribution in [2.75, 3.05) is 19.6 Å². The zero-order valence-electron chi connectivity index (χ0n) is 15.1. The van der Waals surface area contributed by atoms with Gasteiger partial charge in [0.15, 0.2) is 0 Å². The van der Waals surface area contributed by atoms with Crippen LogP contribution in [-0.4, -0.2) is 37.4 Å². The van der Waals surface area contributed by atoms with Crippen LogP contribution in [0.3, 0.4) is 0 Å². The number of hydrogen-bond acceptors (Lipinski definition) is 3. The van der Waals surface area contributed by atoms with Crippen LogP contribution < -0.4 is 16.0 Å². The number of carbonyl (C=O) groups excluding carboxylic acids is 3. The van der Waals surface area contributed by atoms with Crippen LogP contribution in [0.4, 0.5) is 4.39 Å². The Bertz CT molecular complexity index is 810. The molecule has 2 aromatic rings. The Hall–Kier alpha value is -2.93. The second kappa shape index (κ2) is 11.0. The molecule has 0 radical (unpaired) electrons. The van der Waals surface area contributed by atoms with Crippen LogP contribution in [0.15, 0.2) is 48.5 Å². The molecule has 28 heavy (non-hydrogen) atoms. The molecule has 8 heteroatoms. The lowest BCUT2D eigenvalue weighted by molar-refractivity contribution is -0.122. The molecule has 0 fully saturated rings. The van der Waals surface area contributed by atoms with Crippen molar-refractivity contribution in [1.82, 2.24) is 16.0 Å². The maximum Gasteiger partial charge on any atom is 0.251 e. The zero-order chi connectivity index (χ0) is 20.4. The highest BCUT2D eigenvalue weighted by atomic mass is 35.5. The van der Waals surface area contributed by atoms with Gasteiger partial charge in [-0.25, -0.2) is 4.39 Å². The molecule has 0 heterocycles. The number of amides is 3. The lowest BCUT2D eigenvalue weighted by Gasteiger charge is -2.08. The van der Waals surface area contributed by atoms with Crippen molar-refractivity contribution in [2.45, 2.75) is 12.8 Å². The van der Waals surface area contributed by atoms with Gasteiger partial charge in [-0.05, 0) is 42.0 Å². The molecular weight excluding hydrogens is 385 g/mol. The average molecular weight is 406 g/mol. The van der Waals surface area contributed by atoms with Gasteiger partial charge in [-0.2, -0.15) is 0 Å². The summed E-state index contributed by atoms with van der Waals surface area (Å²) in [5.41, 5.74) is 1.17. The van der Waals surface area contributed by atoms with Crippen LogP contribution in [0.2, 0.25) is 5.02 Å². The molecular formula is C20H21ClFN3O3. The lowest BCUT2D eigenvalue weighted by Crippen LogP contribution is -2.36. The van der Waals surface area contributed by atoms with Crippen LogP contribution >= 0.6 is 11.6 Å². The van der Waals surface area contributed by atoms with Gasteiger partial charge in [0, 0.05) is 36.6 Å². The van der Waals surface area contributed by atoms with E-state index in [2.05, 4.69) is 16.0 Å². The molecule has 0 saturated carbocycles. The monoisotopic (exact) mass is 405 g/mol. The second-order valence-corrected chi connectivity index (χ2v) is 6.45. The van der Waals surface area contributed by atoms with E-state index in [1.54, 1.807) is 36.4 Å². The fourth-order valence-corrected chi connectivity index (χ4v) is 2.46. The SMILES string of the molecule is O=C(CCNC(=O)c1ccc(Cl)cc1)NCCNC(=O)Cc1ccc(F)cc1. The van der Waals surface area contributed by atoms with Crippen LogP contribution in [-0.2, 0) is 16.0 Å². The molecule has 0 atom stereocenters. The van der Waals surface area contributed by atoms with Crippen molar-refractivity contribution >= 4 is 29.3 Å². The van der Waals surface area contributed by atoms with E-state index < -0.39 is 0 Å². The van der Waals surface area contributed by atoms with Crippen molar-refractivity contribution < 1.29 is 18.8 Å². The fraction of sp³-hybridized carbons (Fsp3) is 0.250. The molecule has 2 rings (SSSR count). The minimum absolute atomic E-state index is 0.128. The molecule has 0 unspecified atom stereocenters. The largest absolute Gasteiger partial charge is 0.354 e. The summed E-state index contributed by atoms with van der Waals surface area (Å²) >= 11 is 5.76. The summed E-state index contributed by atoms with van der Waals surface area (Å²) in [6, 6.07) is 12.1. The molecule has 0 aliphatic heterocycles. The lowest BCUT2D eigenvalue weighted by atomic mass is 10.1. The maximum absolute atomic E-state index is 12.8. The van der Waals surface area contributed by atoms with E-state index in [0.717, 1.165) is 0 Å². The van der Waals surface area contributed by atoms with Crippen molar-refractivity contribution in [1.29, 1.82) is 0 Å². The van der Waals surface area contributed by atoms with Gasteiger partial charge in [0.1, 0.15) is 5.82 Å². The number of halogens is 2.